The summed E-state index contributed by atoms with van der Waals surface area (Å²) in [7, 11) is 0. The summed E-state index contributed by atoms with van der Waals surface area (Å²) in [6, 6.07) is 16.1. The summed E-state index contributed by atoms with van der Waals surface area (Å²) >= 11 is 0. The molecule has 0 bridgehead atoms. The van der Waals surface area contributed by atoms with Crippen LogP contribution in [0.15, 0.2) is 53.5 Å². The minimum absolute atomic E-state index is 0.0586. The van der Waals surface area contributed by atoms with Crippen LogP contribution in [0.25, 0.3) is 11.1 Å². The molecule has 0 unspecified atom stereocenters. The molecule has 0 aliphatic rings. The molecule has 0 saturated carbocycles. The number of pyridine rings is 2. The third-order valence-electron chi connectivity index (χ3n) is 3.72. The number of aromatic nitrogens is 2. The topological polar surface area (TPSA) is 129 Å². The Hall–Kier alpha value is -4.10. The Labute approximate surface area is 148 Å². The molecule has 7 nitrogen and oxygen atoms in total. The highest BCUT2D eigenvalue weighted by molar-refractivity contribution is 5.80. The second kappa shape index (κ2) is 7.20. The molecule has 3 aromatic rings. The van der Waals surface area contributed by atoms with Crippen LogP contribution in [0.4, 0.5) is 5.82 Å². The van der Waals surface area contributed by atoms with Crippen molar-refractivity contribution in [3.05, 3.63) is 75.8 Å². The number of nitrogens with two attached hydrogens (primary N) is 1. The van der Waals surface area contributed by atoms with Crippen LogP contribution in [0, 0.1) is 22.7 Å². The van der Waals surface area contributed by atoms with Crippen molar-refractivity contribution < 1.29 is 4.74 Å². The quantitative estimate of drug-likeness (QED) is 0.748. The van der Waals surface area contributed by atoms with Gasteiger partial charge in [-0.05, 0) is 29.8 Å². The van der Waals surface area contributed by atoms with Gasteiger partial charge in [-0.25, -0.2) is 0 Å². The molecule has 0 saturated heterocycles. The van der Waals surface area contributed by atoms with E-state index in [1.807, 2.05) is 30.3 Å². The van der Waals surface area contributed by atoms with Crippen LogP contribution < -0.4 is 16.0 Å². The van der Waals surface area contributed by atoms with Crippen molar-refractivity contribution in [2.75, 3.05) is 5.73 Å². The van der Waals surface area contributed by atoms with Gasteiger partial charge in [0.1, 0.15) is 41.4 Å². The fourth-order valence-corrected chi connectivity index (χ4v) is 2.49. The van der Waals surface area contributed by atoms with Gasteiger partial charge in [0.25, 0.3) is 5.56 Å². The monoisotopic (exact) mass is 343 g/mol. The normalized spacial score (nSPS) is 9.92. The lowest BCUT2D eigenvalue weighted by molar-refractivity contribution is 0.301. The van der Waals surface area contributed by atoms with Crippen molar-refractivity contribution >= 4 is 5.82 Å². The van der Waals surface area contributed by atoms with E-state index in [-0.39, 0.29) is 22.5 Å². The Morgan fingerprint density at radius 3 is 2.42 bits per heavy atom. The molecule has 0 fully saturated rings. The van der Waals surface area contributed by atoms with Crippen LogP contribution in [0.3, 0.4) is 0 Å². The molecule has 0 radical (unpaired) electrons. The Bertz CT molecular complexity index is 1070. The summed E-state index contributed by atoms with van der Waals surface area (Å²) in [4.78, 5) is 18.4. The molecule has 7 heteroatoms. The maximum Gasteiger partial charge on any atom is 0.268 e. The molecule has 2 aromatic heterocycles. The van der Waals surface area contributed by atoms with E-state index in [1.165, 1.54) is 0 Å². The number of nitrogens with zero attached hydrogens (tertiary/aromatic N) is 3. The van der Waals surface area contributed by atoms with Gasteiger partial charge >= 0.3 is 0 Å². The Morgan fingerprint density at radius 2 is 1.81 bits per heavy atom. The molecule has 3 N–H and O–H groups in total. The smallest absolute Gasteiger partial charge is 0.268 e. The molecular weight excluding hydrogens is 330 g/mol. The second-order valence-electron chi connectivity index (χ2n) is 5.35. The Kier molecular flexibility index (Phi) is 4.64. The van der Waals surface area contributed by atoms with E-state index in [1.54, 1.807) is 30.5 Å². The van der Waals surface area contributed by atoms with E-state index in [0.717, 1.165) is 5.69 Å². The first-order chi connectivity index (χ1) is 12.6. The number of ether oxygens (including phenoxy) is 1. The highest BCUT2D eigenvalue weighted by atomic mass is 16.5. The number of hydrogen-bond donors (Lipinski definition) is 2. The highest BCUT2D eigenvalue weighted by Crippen LogP contribution is 2.29. The predicted octanol–water partition coefficient (Wildman–Crippen LogP) is 2.34. The molecule has 0 spiro atoms. The molecular formula is C19H13N5O2. The standard InChI is InChI=1S/C19H13N5O2/c20-9-15-17(16(10-21)19(25)24-18(15)22)12-4-6-14(7-5-12)26-11-13-3-1-2-8-23-13/h1-8H,11H2,(H3,22,24,25). The summed E-state index contributed by atoms with van der Waals surface area (Å²) in [5.74, 6) is 0.524. The van der Waals surface area contributed by atoms with E-state index in [0.29, 0.717) is 17.9 Å². The number of aromatic amines is 1. The highest BCUT2D eigenvalue weighted by Gasteiger charge is 2.18. The summed E-state index contributed by atoms with van der Waals surface area (Å²) in [6.45, 7) is 0.311. The summed E-state index contributed by atoms with van der Waals surface area (Å²) in [6.07, 6.45) is 1.69. The second-order valence-corrected chi connectivity index (χ2v) is 5.35. The number of hydrogen-bond acceptors (Lipinski definition) is 6. The number of nitriles is 2. The van der Waals surface area contributed by atoms with Crippen LogP contribution >= 0.6 is 0 Å². The maximum absolute atomic E-state index is 12.0. The zero-order valence-electron chi connectivity index (χ0n) is 13.6. The number of nitrogen functional groups attached to an aromatic ring is 1. The lowest BCUT2D eigenvalue weighted by atomic mass is 9.97. The zero-order chi connectivity index (χ0) is 18.5. The van der Waals surface area contributed by atoms with Gasteiger partial charge in [0, 0.05) is 11.8 Å². The fourth-order valence-electron chi connectivity index (χ4n) is 2.49. The minimum atomic E-state index is -0.630. The first-order valence-corrected chi connectivity index (χ1v) is 7.63. The Morgan fingerprint density at radius 1 is 1.08 bits per heavy atom. The lowest BCUT2D eigenvalue weighted by Crippen LogP contribution is -2.16. The molecule has 1 aromatic carbocycles. The number of H-pyrrole nitrogens is 1. The molecule has 3 rings (SSSR count). The van der Waals surface area contributed by atoms with Crippen LogP contribution in [0.2, 0.25) is 0 Å². The number of rotatable bonds is 4. The number of anilines is 1. The molecule has 0 aliphatic heterocycles. The van der Waals surface area contributed by atoms with E-state index < -0.39 is 5.56 Å². The van der Waals surface area contributed by atoms with Gasteiger partial charge in [0.15, 0.2) is 0 Å². The van der Waals surface area contributed by atoms with Gasteiger partial charge in [0.05, 0.1) is 5.69 Å². The first-order valence-electron chi connectivity index (χ1n) is 7.63. The zero-order valence-corrected chi connectivity index (χ0v) is 13.6. The van der Waals surface area contributed by atoms with Crippen molar-refractivity contribution in [1.29, 1.82) is 10.5 Å². The maximum atomic E-state index is 12.0. The molecule has 126 valence electrons. The van der Waals surface area contributed by atoms with Gasteiger partial charge in [-0.15, -0.1) is 0 Å². The average molecular weight is 343 g/mol. The van der Waals surface area contributed by atoms with Crippen LogP contribution in [0.1, 0.15) is 16.8 Å². The average Bonchev–Trinajstić information content (AvgIpc) is 2.67. The van der Waals surface area contributed by atoms with E-state index >= 15 is 0 Å². The van der Waals surface area contributed by atoms with Gasteiger partial charge in [-0.2, -0.15) is 10.5 Å². The van der Waals surface area contributed by atoms with E-state index in [2.05, 4.69) is 9.97 Å². The van der Waals surface area contributed by atoms with Gasteiger partial charge in [0.2, 0.25) is 0 Å². The molecule has 0 atom stereocenters. The molecule has 0 amide bonds. The summed E-state index contributed by atoms with van der Waals surface area (Å²) in [5.41, 5.74) is 6.52. The van der Waals surface area contributed by atoms with Gasteiger partial charge in [-0.1, -0.05) is 18.2 Å². The van der Waals surface area contributed by atoms with Crippen molar-refractivity contribution in [3.8, 4) is 29.0 Å². The van der Waals surface area contributed by atoms with Gasteiger partial charge in [-0.3, -0.25) is 9.78 Å². The van der Waals surface area contributed by atoms with Gasteiger partial charge < -0.3 is 15.5 Å². The third kappa shape index (κ3) is 3.23. The number of benzene rings is 1. The molecule has 2 heterocycles. The SMILES string of the molecule is N#Cc1c(N)[nH]c(=O)c(C#N)c1-c1ccc(OCc2ccccn2)cc1. The fraction of sp³-hybridized carbons (Fsp3) is 0.0526. The summed E-state index contributed by atoms with van der Waals surface area (Å²) in [5, 5.41) is 18.6. The number of nitrogens with one attached hydrogen (secondary N) is 1. The van der Waals surface area contributed by atoms with Crippen LogP contribution in [-0.4, -0.2) is 9.97 Å². The van der Waals surface area contributed by atoms with Crippen molar-refractivity contribution in [3.63, 3.8) is 0 Å². The molecule has 26 heavy (non-hydrogen) atoms. The van der Waals surface area contributed by atoms with Crippen molar-refractivity contribution in [2.45, 2.75) is 6.61 Å². The van der Waals surface area contributed by atoms with E-state index in [4.69, 9.17) is 10.5 Å². The lowest BCUT2D eigenvalue weighted by Gasteiger charge is -2.10. The minimum Gasteiger partial charge on any atom is -0.487 e. The van der Waals surface area contributed by atoms with Crippen molar-refractivity contribution in [1.82, 2.24) is 9.97 Å². The summed E-state index contributed by atoms with van der Waals surface area (Å²) < 4.78 is 5.66. The van der Waals surface area contributed by atoms with E-state index in [9.17, 15) is 15.3 Å². The Balaban J connectivity index is 1.93. The van der Waals surface area contributed by atoms with Crippen LogP contribution in [-0.2, 0) is 6.61 Å². The largest absolute Gasteiger partial charge is 0.487 e. The molecule has 0 aliphatic carbocycles. The predicted molar refractivity (Wildman–Crippen MR) is 94.9 cm³/mol. The van der Waals surface area contributed by atoms with Crippen molar-refractivity contribution in [2.24, 2.45) is 0 Å². The van der Waals surface area contributed by atoms with Crippen LogP contribution in [0.5, 0.6) is 5.75 Å². The third-order valence-corrected chi connectivity index (χ3v) is 3.72. The first kappa shape index (κ1) is 16.7.